The summed E-state index contributed by atoms with van der Waals surface area (Å²) in [6, 6.07) is 17.8. The van der Waals surface area contributed by atoms with Crippen molar-refractivity contribution in [3.05, 3.63) is 77.2 Å². The van der Waals surface area contributed by atoms with Crippen molar-refractivity contribution in [2.75, 3.05) is 5.32 Å². The molecule has 2 heterocycles. The van der Waals surface area contributed by atoms with Crippen LogP contribution in [-0.2, 0) is 11.3 Å². The fourth-order valence-corrected chi connectivity index (χ4v) is 3.89. The number of carbonyl (C=O) groups excluding carboxylic acids is 2. The van der Waals surface area contributed by atoms with Crippen molar-refractivity contribution in [3.8, 4) is 11.1 Å². The Labute approximate surface area is 200 Å². The maximum Gasteiger partial charge on any atom is 0.229 e. The number of anilines is 1. The van der Waals surface area contributed by atoms with Crippen LogP contribution in [0.4, 0.5) is 5.69 Å². The number of hydrogen-bond donors (Lipinski definition) is 1. The largest absolute Gasteiger partial charge is 0.324 e. The number of pyridine rings is 1. The average Bonchev–Trinajstić information content (AvgIpc) is 3.07. The van der Waals surface area contributed by atoms with E-state index < -0.39 is 5.41 Å². The second kappa shape index (κ2) is 8.86. The third-order valence-electron chi connectivity index (χ3n) is 5.94. The lowest BCUT2D eigenvalue weighted by Gasteiger charge is -2.18. The molecule has 0 aliphatic heterocycles. The normalized spacial score (nSPS) is 11.6. The summed E-state index contributed by atoms with van der Waals surface area (Å²) < 4.78 is 2.08. The van der Waals surface area contributed by atoms with E-state index in [4.69, 9.17) is 4.98 Å². The van der Waals surface area contributed by atoms with E-state index >= 15 is 0 Å². The van der Waals surface area contributed by atoms with Gasteiger partial charge < -0.3 is 9.88 Å². The topological polar surface area (TPSA) is 76.9 Å². The third kappa shape index (κ3) is 4.62. The molecule has 0 bridgehead atoms. The van der Waals surface area contributed by atoms with Gasteiger partial charge >= 0.3 is 0 Å². The van der Waals surface area contributed by atoms with E-state index in [0.29, 0.717) is 12.2 Å². The van der Waals surface area contributed by atoms with Crippen LogP contribution in [0.15, 0.2) is 54.6 Å². The molecule has 0 atom stereocenters. The van der Waals surface area contributed by atoms with Gasteiger partial charge in [-0.25, -0.2) is 9.97 Å². The highest BCUT2D eigenvalue weighted by molar-refractivity contribution is 6.00. The highest BCUT2D eigenvalue weighted by atomic mass is 16.2. The molecule has 2 aromatic heterocycles. The van der Waals surface area contributed by atoms with Crippen molar-refractivity contribution in [1.29, 1.82) is 0 Å². The molecule has 1 N–H and O–H groups in total. The van der Waals surface area contributed by atoms with Crippen LogP contribution < -0.4 is 5.32 Å². The molecule has 34 heavy (non-hydrogen) atoms. The van der Waals surface area contributed by atoms with E-state index in [1.165, 1.54) is 0 Å². The van der Waals surface area contributed by atoms with Gasteiger partial charge in [-0.2, -0.15) is 0 Å². The smallest absolute Gasteiger partial charge is 0.229 e. The molecule has 6 heteroatoms. The molecule has 4 rings (SSSR count). The number of rotatable bonds is 5. The van der Waals surface area contributed by atoms with Crippen molar-refractivity contribution >= 4 is 28.5 Å². The number of aromatic nitrogens is 3. The van der Waals surface area contributed by atoms with Gasteiger partial charge in [0.15, 0.2) is 11.4 Å². The van der Waals surface area contributed by atoms with Crippen LogP contribution in [0.1, 0.15) is 55.1 Å². The summed E-state index contributed by atoms with van der Waals surface area (Å²) in [5.41, 5.74) is 6.26. The summed E-state index contributed by atoms with van der Waals surface area (Å²) in [7, 11) is 0. The van der Waals surface area contributed by atoms with Gasteiger partial charge in [-0.05, 0) is 43.5 Å². The summed E-state index contributed by atoms with van der Waals surface area (Å²) in [4.78, 5) is 33.9. The first-order valence-electron chi connectivity index (χ1n) is 11.4. The minimum atomic E-state index is -0.492. The molecule has 0 saturated carbocycles. The van der Waals surface area contributed by atoms with Gasteiger partial charge in [0.2, 0.25) is 5.91 Å². The maximum atomic E-state index is 12.4. The van der Waals surface area contributed by atoms with Crippen LogP contribution in [0, 0.1) is 19.3 Å². The lowest BCUT2D eigenvalue weighted by atomic mass is 9.95. The number of hydrogen-bond acceptors (Lipinski definition) is 4. The second-order valence-electron chi connectivity index (χ2n) is 9.71. The van der Waals surface area contributed by atoms with Crippen LogP contribution in [0.25, 0.3) is 22.3 Å². The molecule has 6 nitrogen and oxygen atoms in total. The van der Waals surface area contributed by atoms with Crippen LogP contribution in [-0.4, -0.2) is 26.2 Å². The molecular weight excluding hydrogens is 424 g/mol. The zero-order chi connectivity index (χ0) is 24.6. The number of benzene rings is 2. The van der Waals surface area contributed by atoms with Gasteiger partial charge in [0.05, 0.1) is 17.9 Å². The van der Waals surface area contributed by atoms with E-state index in [0.717, 1.165) is 44.9 Å². The molecule has 0 spiro atoms. The Morgan fingerprint density at radius 2 is 1.65 bits per heavy atom. The first-order chi connectivity index (χ1) is 16.0. The van der Waals surface area contributed by atoms with Gasteiger partial charge in [0.1, 0.15) is 11.3 Å². The lowest BCUT2D eigenvalue weighted by molar-refractivity contribution is -0.123. The predicted molar refractivity (Wildman–Crippen MR) is 136 cm³/mol. The molecule has 0 aliphatic carbocycles. The first-order valence-corrected chi connectivity index (χ1v) is 11.4. The summed E-state index contributed by atoms with van der Waals surface area (Å²) in [5, 5.41) is 2.98. The number of nitrogens with zero attached hydrogens (tertiary/aromatic N) is 3. The molecule has 2 aromatic carbocycles. The Balaban J connectivity index is 1.63. The Kier molecular flexibility index (Phi) is 6.09. The molecule has 4 aromatic rings. The summed E-state index contributed by atoms with van der Waals surface area (Å²) in [6.45, 7) is 11.7. The quantitative estimate of drug-likeness (QED) is 0.378. The van der Waals surface area contributed by atoms with Gasteiger partial charge in [-0.1, -0.05) is 69.3 Å². The third-order valence-corrected chi connectivity index (χ3v) is 5.94. The Morgan fingerprint density at radius 3 is 2.29 bits per heavy atom. The van der Waals surface area contributed by atoms with E-state index in [9.17, 15) is 9.59 Å². The number of carbonyl (C=O) groups is 2. The van der Waals surface area contributed by atoms with Crippen molar-refractivity contribution < 1.29 is 9.59 Å². The maximum absolute atomic E-state index is 12.4. The zero-order valence-corrected chi connectivity index (χ0v) is 20.6. The van der Waals surface area contributed by atoms with E-state index in [1.54, 1.807) is 6.92 Å². The van der Waals surface area contributed by atoms with Crippen molar-refractivity contribution in [2.24, 2.45) is 5.41 Å². The predicted octanol–water partition coefficient (Wildman–Crippen LogP) is 5.95. The molecule has 0 unspecified atom stereocenters. The van der Waals surface area contributed by atoms with E-state index in [2.05, 4.69) is 27.0 Å². The lowest BCUT2D eigenvalue weighted by Crippen LogP contribution is -2.28. The molecule has 174 valence electrons. The minimum Gasteiger partial charge on any atom is -0.324 e. The Bertz CT molecular complexity index is 1390. The SMILES string of the molecule is CC(=O)c1ccccc1-c1ccc(Cn2c(C)nc3cc(NC(=O)C(C)(C)C)c(C)nc32)cc1. The standard InChI is InChI=1S/C28H30N4O2/c1-17-24(31-27(34)28(4,5)6)15-25-26(29-17)32(19(3)30-25)16-20-11-13-21(14-12-20)23-10-8-7-9-22(23)18(2)33/h7-15H,16H2,1-6H3,(H,31,34). The minimum absolute atomic E-state index is 0.0553. The summed E-state index contributed by atoms with van der Waals surface area (Å²) >= 11 is 0. The monoisotopic (exact) mass is 454 g/mol. The molecular formula is C28H30N4O2. The number of imidazole rings is 1. The highest BCUT2D eigenvalue weighted by Gasteiger charge is 2.22. The van der Waals surface area contributed by atoms with Crippen LogP contribution in [0.3, 0.4) is 0 Å². The molecule has 1 amide bonds. The number of amides is 1. The average molecular weight is 455 g/mol. The highest BCUT2D eigenvalue weighted by Crippen LogP contribution is 2.27. The Morgan fingerprint density at radius 1 is 0.971 bits per heavy atom. The zero-order valence-electron chi connectivity index (χ0n) is 20.6. The van der Waals surface area contributed by atoms with Crippen molar-refractivity contribution in [3.63, 3.8) is 0 Å². The first kappa shape index (κ1) is 23.4. The fourth-order valence-electron chi connectivity index (χ4n) is 3.89. The van der Waals surface area contributed by atoms with Crippen LogP contribution >= 0.6 is 0 Å². The number of fused-ring (bicyclic) bond motifs is 1. The molecule has 0 aliphatic rings. The number of nitrogens with one attached hydrogen (secondary N) is 1. The fraction of sp³-hybridized carbons (Fsp3) is 0.286. The summed E-state index contributed by atoms with van der Waals surface area (Å²) in [6.07, 6.45) is 0. The van der Waals surface area contributed by atoms with Gasteiger partial charge in [0, 0.05) is 11.0 Å². The number of aryl methyl sites for hydroxylation is 2. The van der Waals surface area contributed by atoms with E-state index in [1.807, 2.05) is 77.1 Å². The molecule has 0 fully saturated rings. The Hall–Kier alpha value is -3.80. The van der Waals surface area contributed by atoms with Gasteiger partial charge in [-0.15, -0.1) is 0 Å². The van der Waals surface area contributed by atoms with Crippen LogP contribution in [0.5, 0.6) is 0 Å². The van der Waals surface area contributed by atoms with Gasteiger partial charge in [-0.3, -0.25) is 9.59 Å². The van der Waals surface area contributed by atoms with Crippen molar-refractivity contribution in [1.82, 2.24) is 14.5 Å². The van der Waals surface area contributed by atoms with Crippen LogP contribution in [0.2, 0.25) is 0 Å². The number of Topliss-reactive ketones (excluding diaryl/α,β-unsaturated/α-hetero) is 1. The van der Waals surface area contributed by atoms with E-state index in [-0.39, 0.29) is 11.7 Å². The second-order valence-corrected chi connectivity index (χ2v) is 9.71. The number of ketones is 1. The molecule has 0 saturated heterocycles. The summed E-state index contributed by atoms with van der Waals surface area (Å²) in [5.74, 6) is 0.853. The molecule has 0 radical (unpaired) electrons. The van der Waals surface area contributed by atoms with Gasteiger partial charge in [0.25, 0.3) is 0 Å². The van der Waals surface area contributed by atoms with Crippen molar-refractivity contribution in [2.45, 2.75) is 48.1 Å².